The number of aromatic nitrogens is 3. The Bertz CT molecular complexity index is 1000. The normalized spacial score (nSPS) is 17.5. The SMILES string of the molecule is COc1cccc(OC)c1CN1CC[C@H](c2cc3nc(C)cc(=O)n3[nH]2)C1. The Morgan fingerprint density at radius 2 is 1.96 bits per heavy atom. The van der Waals surface area contributed by atoms with Crippen molar-refractivity contribution in [3.63, 3.8) is 0 Å². The topological polar surface area (TPSA) is 71.9 Å². The highest BCUT2D eigenvalue weighted by atomic mass is 16.5. The van der Waals surface area contributed by atoms with Crippen LogP contribution in [0.1, 0.15) is 29.3 Å². The Morgan fingerprint density at radius 3 is 2.67 bits per heavy atom. The zero-order chi connectivity index (χ0) is 19.0. The van der Waals surface area contributed by atoms with Gasteiger partial charge in [0, 0.05) is 42.5 Å². The van der Waals surface area contributed by atoms with Crippen molar-refractivity contribution >= 4 is 5.65 Å². The molecule has 7 heteroatoms. The van der Waals surface area contributed by atoms with Gasteiger partial charge in [0.05, 0.1) is 19.8 Å². The molecule has 1 saturated heterocycles. The van der Waals surface area contributed by atoms with Gasteiger partial charge in [-0.3, -0.25) is 14.8 Å². The van der Waals surface area contributed by atoms with Gasteiger partial charge in [-0.05, 0) is 32.0 Å². The maximum atomic E-state index is 12.1. The highest BCUT2D eigenvalue weighted by Gasteiger charge is 2.27. The van der Waals surface area contributed by atoms with Crippen LogP contribution in [0.25, 0.3) is 5.65 Å². The lowest BCUT2D eigenvalue weighted by molar-refractivity contribution is 0.305. The number of hydrogen-bond donors (Lipinski definition) is 1. The van der Waals surface area contributed by atoms with Crippen molar-refractivity contribution < 1.29 is 9.47 Å². The van der Waals surface area contributed by atoms with E-state index in [1.54, 1.807) is 20.3 Å². The summed E-state index contributed by atoms with van der Waals surface area (Å²) in [4.78, 5) is 19.0. The van der Waals surface area contributed by atoms with Gasteiger partial charge in [-0.2, -0.15) is 0 Å². The zero-order valence-electron chi connectivity index (χ0n) is 15.9. The number of rotatable bonds is 5. The van der Waals surface area contributed by atoms with Crippen LogP contribution in [-0.4, -0.2) is 46.8 Å². The summed E-state index contributed by atoms with van der Waals surface area (Å²) in [6.45, 7) is 4.48. The summed E-state index contributed by atoms with van der Waals surface area (Å²) in [5.74, 6) is 2.02. The number of nitrogens with zero attached hydrogens (tertiary/aromatic N) is 3. The Balaban J connectivity index is 1.55. The Kier molecular flexibility index (Phi) is 4.61. The summed E-state index contributed by atoms with van der Waals surface area (Å²) >= 11 is 0. The number of benzene rings is 1. The third-order valence-electron chi connectivity index (χ3n) is 5.22. The Labute approximate surface area is 157 Å². The number of aryl methyl sites for hydroxylation is 1. The summed E-state index contributed by atoms with van der Waals surface area (Å²) in [5, 5.41) is 3.23. The van der Waals surface area contributed by atoms with Crippen LogP contribution in [0, 0.1) is 6.92 Å². The van der Waals surface area contributed by atoms with E-state index in [2.05, 4.69) is 15.0 Å². The molecule has 4 rings (SSSR count). The minimum atomic E-state index is -0.0719. The standard InChI is InChI=1S/C20H24N4O3/c1-13-9-20(25)24-19(21-13)10-16(22-24)14-7-8-23(11-14)12-15-17(26-2)5-4-6-18(15)27-3/h4-6,9-10,14,22H,7-8,11-12H2,1-3H3/t14-/m0/s1. The van der Waals surface area contributed by atoms with Gasteiger partial charge < -0.3 is 9.47 Å². The summed E-state index contributed by atoms with van der Waals surface area (Å²) < 4.78 is 12.6. The number of nitrogens with one attached hydrogen (secondary N) is 1. The number of likely N-dealkylation sites (tertiary alicyclic amines) is 1. The molecule has 0 unspecified atom stereocenters. The smallest absolute Gasteiger partial charge is 0.272 e. The molecule has 0 radical (unpaired) electrons. The lowest BCUT2D eigenvalue weighted by Crippen LogP contribution is -2.21. The molecule has 27 heavy (non-hydrogen) atoms. The molecule has 3 aromatic rings. The van der Waals surface area contributed by atoms with Crippen LogP contribution in [-0.2, 0) is 6.54 Å². The van der Waals surface area contributed by atoms with E-state index in [4.69, 9.17) is 9.47 Å². The molecule has 1 N–H and O–H groups in total. The van der Waals surface area contributed by atoms with Gasteiger partial charge in [0.15, 0.2) is 5.65 Å². The number of hydrogen-bond acceptors (Lipinski definition) is 5. The first-order chi connectivity index (χ1) is 13.1. The highest BCUT2D eigenvalue weighted by Crippen LogP contribution is 2.33. The van der Waals surface area contributed by atoms with Gasteiger partial charge in [0.1, 0.15) is 11.5 Å². The molecular weight excluding hydrogens is 344 g/mol. The molecule has 7 nitrogen and oxygen atoms in total. The predicted octanol–water partition coefficient (Wildman–Crippen LogP) is 2.34. The third kappa shape index (κ3) is 3.30. The maximum Gasteiger partial charge on any atom is 0.272 e. The Hall–Kier alpha value is -2.80. The fraction of sp³-hybridized carbons (Fsp3) is 0.400. The van der Waals surface area contributed by atoms with Gasteiger partial charge >= 0.3 is 0 Å². The second-order valence-electron chi connectivity index (χ2n) is 7.00. The van der Waals surface area contributed by atoms with E-state index < -0.39 is 0 Å². The van der Waals surface area contributed by atoms with Crippen molar-refractivity contribution in [2.45, 2.75) is 25.8 Å². The zero-order valence-corrected chi connectivity index (χ0v) is 15.9. The van der Waals surface area contributed by atoms with Crippen molar-refractivity contribution in [3.05, 3.63) is 57.6 Å². The average molecular weight is 368 g/mol. The van der Waals surface area contributed by atoms with Crippen LogP contribution in [0.2, 0.25) is 0 Å². The fourth-order valence-electron chi connectivity index (χ4n) is 3.88. The first-order valence-corrected chi connectivity index (χ1v) is 9.10. The van der Waals surface area contributed by atoms with Crippen LogP contribution in [0.3, 0.4) is 0 Å². The molecule has 0 bridgehead atoms. The van der Waals surface area contributed by atoms with Crippen LogP contribution in [0.4, 0.5) is 0 Å². The van der Waals surface area contributed by atoms with E-state index >= 15 is 0 Å². The summed E-state index contributed by atoms with van der Waals surface area (Å²) in [6.07, 6.45) is 1.03. The molecular formula is C20H24N4O3. The largest absolute Gasteiger partial charge is 0.496 e. The summed E-state index contributed by atoms with van der Waals surface area (Å²) in [6, 6.07) is 9.40. The molecule has 1 atom stereocenters. The van der Waals surface area contributed by atoms with Crippen molar-refractivity contribution in [3.8, 4) is 11.5 Å². The van der Waals surface area contributed by atoms with Gasteiger partial charge in [-0.25, -0.2) is 9.50 Å². The molecule has 0 aliphatic carbocycles. The molecule has 1 aromatic carbocycles. The van der Waals surface area contributed by atoms with Crippen LogP contribution in [0.5, 0.6) is 11.5 Å². The highest BCUT2D eigenvalue weighted by molar-refractivity contribution is 5.45. The molecule has 0 spiro atoms. The van der Waals surface area contributed by atoms with Crippen LogP contribution < -0.4 is 15.0 Å². The molecule has 2 aromatic heterocycles. The molecule has 1 aliphatic heterocycles. The van der Waals surface area contributed by atoms with Crippen LogP contribution >= 0.6 is 0 Å². The average Bonchev–Trinajstić information content (AvgIpc) is 3.28. The molecule has 1 aliphatic rings. The summed E-state index contributed by atoms with van der Waals surface area (Å²) in [5.41, 5.74) is 3.46. The number of fused-ring (bicyclic) bond motifs is 1. The number of aromatic amines is 1. The number of ether oxygens (including phenoxy) is 2. The minimum Gasteiger partial charge on any atom is -0.496 e. The number of H-pyrrole nitrogens is 1. The van der Waals surface area contributed by atoms with Gasteiger partial charge in [-0.1, -0.05) is 6.07 Å². The molecule has 0 saturated carbocycles. The van der Waals surface area contributed by atoms with E-state index in [9.17, 15) is 4.79 Å². The van der Waals surface area contributed by atoms with Crippen molar-refractivity contribution in [1.82, 2.24) is 19.5 Å². The maximum absolute atomic E-state index is 12.1. The van der Waals surface area contributed by atoms with Gasteiger partial charge in [0.25, 0.3) is 5.56 Å². The predicted molar refractivity (Wildman–Crippen MR) is 103 cm³/mol. The summed E-state index contributed by atoms with van der Waals surface area (Å²) in [7, 11) is 3.37. The van der Waals surface area contributed by atoms with Crippen molar-refractivity contribution in [2.75, 3.05) is 27.3 Å². The monoisotopic (exact) mass is 368 g/mol. The van der Waals surface area contributed by atoms with Crippen molar-refractivity contribution in [2.24, 2.45) is 0 Å². The minimum absolute atomic E-state index is 0.0719. The second kappa shape index (κ2) is 7.08. The van der Waals surface area contributed by atoms with E-state index in [0.29, 0.717) is 11.6 Å². The molecule has 0 amide bonds. The van der Waals surface area contributed by atoms with Crippen LogP contribution in [0.15, 0.2) is 35.1 Å². The molecule has 1 fully saturated rings. The first kappa shape index (κ1) is 17.6. The van der Waals surface area contributed by atoms with E-state index in [1.165, 1.54) is 4.52 Å². The van der Waals surface area contributed by atoms with E-state index in [-0.39, 0.29) is 5.56 Å². The van der Waals surface area contributed by atoms with E-state index in [0.717, 1.165) is 54.5 Å². The van der Waals surface area contributed by atoms with Gasteiger partial charge in [0.2, 0.25) is 0 Å². The molecule has 142 valence electrons. The quantitative estimate of drug-likeness (QED) is 0.748. The lowest BCUT2D eigenvalue weighted by atomic mass is 10.1. The Morgan fingerprint density at radius 1 is 1.22 bits per heavy atom. The third-order valence-corrected chi connectivity index (χ3v) is 5.22. The van der Waals surface area contributed by atoms with E-state index in [1.807, 2.05) is 31.2 Å². The fourth-order valence-corrected chi connectivity index (χ4v) is 3.88. The van der Waals surface area contributed by atoms with Gasteiger partial charge in [-0.15, -0.1) is 0 Å². The second-order valence-corrected chi connectivity index (χ2v) is 7.00. The number of methoxy groups -OCH3 is 2. The first-order valence-electron chi connectivity index (χ1n) is 9.10. The lowest BCUT2D eigenvalue weighted by Gasteiger charge is -2.19. The molecule has 3 heterocycles. The van der Waals surface area contributed by atoms with Crippen molar-refractivity contribution in [1.29, 1.82) is 0 Å².